The smallest absolute Gasteiger partial charge is 0.271 e. The van der Waals surface area contributed by atoms with E-state index in [1.54, 1.807) is 42.5 Å². The molecule has 0 saturated carbocycles. The van der Waals surface area contributed by atoms with Gasteiger partial charge in [-0.1, -0.05) is 42.5 Å². The standard InChI is InChI=1S/C25H19N3O5S/c29-21-8-2-6-19(24(21)30)14-26-27-25(31)18-12-10-16(11-13-18)15-28-20-7-1-4-17-5-3-9-22(23(17)20)34(28,32)33/h1-14,29-30H,15H2,(H,27,31)/b26-14+. The van der Waals surface area contributed by atoms with Crippen LogP contribution in [0.5, 0.6) is 11.5 Å². The number of anilines is 1. The molecule has 0 bridgehead atoms. The highest BCUT2D eigenvalue weighted by Gasteiger charge is 2.35. The van der Waals surface area contributed by atoms with E-state index in [2.05, 4.69) is 10.5 Å². The summed E-state index contributed by atoms with van der Waals surface area (Å²) >= 11 is 0. The molecule has 3 N–H and O–H groups in total. The van der Waals surface area contributed by atoms with E-state index in [4.69, 9.17) is 0 Å². The van der Waals surface area contributed by atoms with Gasteiger partial charge >= 0.3 is 0 Å². The summed E-state index contributed by atoms with van der Waals surface area (Å²) in [6.07, 6.45) is 1.22. The topological polar surface area (TPSA) is 119 Å². The molecule has 0 aromatic heterocycles. The molecule has 170 valence electrons. The van der Waals surface area contributed by atoms with E-state index >= 15 is 0 Å². The van der Waals surface area contributed by atoms with Gasteiger partial charge in [0.25, 0.3) is 15.9 Å². The molecule has 34 heavy (non-hydrogen) atoms. The maximum atomic E-state index is 13.1. The van der Waals surface area contributed by atoms with Crippen molar-refractivity contribution in [2.75, 3.05) is 4.31 Å². The number of benzene rings is 4. The van der Waals surface area contributed by atoms with Crippen molar-refractivity contribution in [3.05, 3.63) is 95.6 Å². The van der Waals surface area contributed by atoms with E-state index < -0.39 is 15.9 Å². The molecular weight excluding hydrogens is 454 g/mol. The summed E-state index contributed by atoms with van der Waals surface area (Å²) in [5.74, 6) is -1.10. The number of sulfonamides is 1. The Labute approximate surface area is 195 Å². The van der Waals surface area contributed by atoms with Crippen LogP contribution in [0.3, 0.4) is 0 Å². The summed E-state index contributed by atoms with van der Waals surface area (Å²) in [7, 11) is -3.67. The lowest BCUT2D eigenvalue weighted by molar-refractivity contribution is 0.0955. The first-order valence-corrected chi connectivity index (χ1v) is 11.8. The van der Waals surface area contributed by atoms with E-state index in [0.29, 0.717) is 16.1 Å². The summed E-state index contributed by atoms with van der Waals surface area (Å²) in [5, 5.41) is 24.7. The molecule has 0 atom stereocenters. The number of hydrogen-bond donors (Lipinski definition) is 3. The molecule has 1 aliphatic heterocycles. The second kappa shape index (κ2) is 8.20. The van der Waals surface area contributed by atoms with E-state index in [-0.39, 0.29) is 23.6 Å². The number of para-hydroxylation sites is 1. The van der Waals surface area contributed by atoms with Crippen molar-refractivity contribution in [2.45, 2.75) is 11.4 Å². The molecular formula is C25H19N3O5S. The number of rotatable bonds is 5. The Hall–Kier alpha value is -4.37. The van der Waals surface area contributed by atoms with Crippen LogP contribution in [0.4, 0.5) is 5.69 Å². The van der Waals surface area contributed by atoms with Gasteiger partial charge in [-0.05, 0) is 47.3 Å². The Morgan fingerprint density at radius 2 is 1.65 bits per heavy atom. The molecule has 4 aromatic carbocycles. The van der Waals surface area contributed by atoms with Gasteiger partial charge in [-0.25, -0.2) is 13.8 Å². The molecule has 0 fully saturated rings. The molecule has 1 heterocycles. The number of phenols is 2. The number of nitrogens with one attached hydrogen (secondary N) is 1. The lowest BCUT2D eigenvalue weighted by Crippen LogP contribution is -2.26. The molecule has 0 spiro atoms. The van der Waals surface area contributed by atoms with Gasteiger partial charge in [0.15, 0.2) is 11.5 Å². The lowest BCUT2D eigenvalue weighted by Gasteiger charge is -2.19. The van der Waals surface area contributed by atoms with Gasteiger partial charge in [-0.3, -0.25) is 9.10 Å². The predicted molar refractivity (Wildman–Crippen MR) is 129 cm³/mol. The number of amides is 1. The average Bonchev–Trinajstić information content (AvgIpc) is 3.05. The van der Waals surface area contributed by atoms with E-state index in [1.807, 2.05) is 18.2 Å². The highest BCUT2D eigenvalue weighted by molar-refractivity contribution is 7.93. The van der Waals surface area contributed by atoms with Crippen LogP contribution in [0.15, 0.2) is 88.9 Å². The zero-order valence-electron chi connectivity index (χ0n) is 17.7. The summed E-state index contributed by atoms with van der Waals surface area (Å²) in [6.45, 7) is 0.132. The maximum absolute atomic E-state index is 13.1. The molecule has 4 aromatic rings. The zero-order valence-corrected chi connectivity index (χ0v) is 18.5. The van der Waals surface area contributed by atoms with E-state index in [1.165, 1.54) is 28.7 Å². The first-order valence-electron chi connectivity index (χ1n) is 10.3. The number of nitrogens with zero attached hydrogens (tertiary/aromatic N) is 2. The molecule has 0 saturated heterocycles. The second-order valence-electron chi connectivity index (χ2n) is 7.75. The number of aromatic hydroxyl groups is 2. The number of hydrogen-bond acceptors (Lipinski definition) is 6. The Morgan fingerprint density at radius 3 is 2.41 bits per heavy atom. The molecule has 1 amide bonds. The Balaban J connectivity index is 1.31. The highest BCUT2D eigenvalue weighted by atomic mass is 32.2. The monoisotopic (exact) mass is 473 g/mol. The van der Waals surface area contributed by atoms with Gasteiger partial charge in [0.2, 0.25) is 0 Å². The highest BCUT2D eigenvalue weighted by Crippen LogP contribution is 2.42. The molecule has 0 radical (unpaired) electrons. The van der Waals surface area contributed by atoms with Crippen LogP contribution in [0.2, 0.25) is 0 Å². The molecule has 0 aliphatic carbocycles. The fraction of sp³-hybridized carbons (Fsp3) is 0.0400. The molecule has 8 nitrogen and oxygen atoms in total. The maximum Gasteiger partial charge on any atom is 0.271 e. The average molecular weight is 474 g/mol. The summed E-state index contributed by atoms with van der Waals surface area (Å²) in [4.78, 5) is 12.7. The van der Waals surface area contributed by atoms with Gasteiger partial charge < -0.3 is 10.2 Å². The van der Waals surface area contributed by atoms with E-state index in [0.717, 1.165) is 16.3 Å². The normalized spacial score (nSPS) is 14.1. The summed E-state index contributed by atoms with van der Waals surface area (Å²) in [5.41, 5.74) is 4.29. The van der Waals surface area contributed by atoms with Crippen molar-refractivity contribution in [3.63, 3.8) is 0 Å². The van der Waals surface area contributed by atoms with Crippen LogP contribution in [0, 0.1) is 0 Å². The van der Waals surface area contributed by atoms with Crippen molar-refractivity contribution in [1.29, 1.82) is 0 Å². The quantitative estimate of drug-likeness (QED) is 0.232. The molecule has 5 rings (SSSR count). The van der Waals surface area contributed by atoms with Gasteiger partial charge in [-0.15, -0.1) is 0 Å². The van der Waals surface area contributed by atoms with Crippen LogP contribution in [-0.2, 0) is 16.6 Å². The van der Waals surface area contributed by atoms with Crippen molar-refractivity contribution in [3.8, 4) is 11.5 Å². The van der Waals surface area contributed by atoms with Gasteiger partial charge in [-0.2, -0.15) is 5.10 Å². The van der Waals surface area contributed by atoms with Crippen LogP contribution in [-0.4, -0.2) is 30.8 Å². The first kappa shape index (κ1) is 21.5. The number of phenolic OH excluding ortho intramolecular Hbond substituents is 2. The van der Waals surface area contributed by atoms with Crippen LogP contribution in [0.1, 0.15) is 21.5 Å². The molecule has 9 heteroatoms. The van der Waals surface area contributed by atoms with Crippen LogP contribution in [0.25, 0.3) is 10.8 Å². The summed E-state index contributed by atoms with van der Waals surface area (Å²) in [6, 6.07) is 21.7. The van der Waals surface area contributed by atoms with Gasteiger partial charge in [0.05, 0.1) is 23.3 Å². The molecule has 0 unspecified atom stereocenters. The largest absolute Gasteiger partial charge is 0.504 e. The van der Waals surface area contributed by atoms with Crippen molar-refractivity contribution >= 4 is 38.6 Å². The third-order valence-corrected chi connectivity index (χ3v) is 7.44. The minimum Gasteiger partial charge on any atom is -0.504 e. The zero-order chi connectivity index (χ0) is 23.9. The second-order valence-corrected chi connectivity index (χ2v) is 9.58. The minimum atomic E-state index is -3.67. The van der Waals surface area contributed by atoms with Crippen LogP contribution < -0.4 is 9.73 Å². The fourth-order valence-corrected chi connectivity index (χ4v) is 5.63. The van der Waals surface area contributed by atoms with Crippen molar-refractivity contribution in [2.24, 2.45) is 5.10 Å². The Bertz CT molecular complexity index is 1560. The fourth-order valence-electron chi connectivity index (χ4n) is 3.93. The Kier molecular flexibility index (Phi) is 5.18. The number of carbonyl (C=O) groups is 1. The minimum absolute atomic E-state index is 0.132. The molecule has 1 aliphatic rings. The first-order chi connectivity index (χ1) is 16.4. The lowest BCUT2D eigenvalue weighted by atomic mass is 10.1. The van der Waals surface area contributed by atoms with Gasteiger partial charge in [0.1, 0.15) is 0 Å². The Morgan fingerprint density at radius 1 is 0.941 bits per heavy atom. The third kappa shape index (κ3) is 3.61. The van der Waals surface area contributed by atoms with E-state index in [9.17, 15) is 23.4 Å². The summed E-state index contributed by atoms with van der Waals surface area (Å²) < 4.78 is 27.7. The van der Waals surface area contributed by atoms with Crippen molar-refractivity contribution in [1.82, 2.24) is 5.43 Å². The van der Waals surface area contributed by atoms with Crippen LogP contribution >= 0.6 is 0 Å². The van der Waals surface area contributed by atoms with Gasteiger partial charge in [0, 0.05) is 16.5 Å². The van der Waals surface area contributed by atoms with Crippen molar-refractivity contribution < 1.29 is 23.4 Å². The number of carbonyl (C=O) groups excluding carboxylic acids is 1. The SMILES string of the molecule is O=C(N/N=C/c1cccc(O)c1O)c1ccc(CN2c3cccc4cccc(c34)S2(=O)=O)cc1. The predicted octanol–water partition coefficient (Wildman–Crippen LogP) is 3.72. The third-order valence-electron chi connectivity index (χ3n) is 5.64. The number of hydrazone groups is 1.